The molecule has 0 aliphatic heterocycles. The number of rotatable bonds is 5. The summed E-state index contributed by atoms with van der Waals surface area (Å²) in [6.07, 6.45) is 2.09. The van der Waals surface area contributed by atoms with E-state index in [4.69, 9.17) is 11.6 Å². The fraction of sp³-hybridized carbons (Fsp3) is 0.571. The Hall–Kier alpha value is -0.600. The Morgan fingerprint density at radius 2 is 2.24 bits per heavy atom. The predicted octanol–water partition coefficient (Wildman–Crippen LogP) is 3.66. The lowest BCUT2D eigenvalue weighted by molar-refractivity contribution is 0.454. The van der Waals surface area contributed by atoms with Crippen LogP contribution in [0.3, 0.4) is 0 Å². The fourth-order valence-corrected chi connectivity index (χ4v) is 2.69. The Balaban J connectivity index is 2.09. The zero-order valence-electron chi connectivity index (χ0n) is 10.3. The molecule has 3 unspecified atom stereocenters. The second kappa shape index (κ2) is 5.36. The molecular formula is C14H19ClFN. The fourth-order valence-electron chi connectivity index (χ4n) is 2.49. The van der Waals surface area contributed by atoms with Crippen molar-refractivity contribution in [2.45, 2.75) is 32.7 Å². The quantitative estimate of drug-likeness (QED) is 0.847. The molecular weight excluding hydrogens is 237 g/mol. The Labute approximate surface area is 107 Å². The molecule has 3 atom stereocenters. The van der Waals surface area contributed by atoms with Gasteiger partial charge < -0.3 is 5.32 Å². The molecule has 17 heavy (non-hydrogen) atoms. The predicted molar refractivity (Wildman–Crippen MR) is 69.8 cm³/mol. The average molecular weight is 256 g/mol. The number of halogens is 2. The van der Waals surface area contributed by atoms with Crippen LogP contribution in [0.1, 0.15) is 25.8 Å². The minimum Gasteiger partial charge on any atom is -0.314 e. The highest BCUT2D eigenvalue weighted by molar-refractivity contribution is 6.31. The first-order valence-corrected chi connectivity index (χ1v) is 6.67. The molecule has 1 aromatic rings. The summed E-state index contributed by atoms with van der Waals surface area (Å²) in [4.78, 5) is 0. The zero-order chi connectivity index (χ0) is 12.4. The van der Waals surface area contributed by atoms with E-state index in [2.05, 4.69) is 19.2 Å². The third-order valence-electron chi connectivity index (χ3n) is 3.63. The summed E-state index contributed by atoms with van der Waals surface area (Å²) in [5.41, 5.74) is 0.914. The highest BCUT2D eigenvalue weighted by atomic mass is 35.5. The summed E-state index contributed by atoms with van der Waals surface area (Å²) in [5, 5.41) is 3.77. The monoisotopic (exact) mass is 255 g/mol. The summed E-state index contributed by atoms with van der Waals surface area (Å²) in [7, 11) is 0. The van der Waals surface area contributed by atoms with E-state index in [9.17, 15) is 4.39 Å². The van der Waals surface area contributed by atoms with Crippen molar-refractivity contribution in [1.29, 1.82) is 0 Å². The maximum atomic E-state index is 13.4. The SMILES string of the molecule is CCNC(Cc1cccc(F)c1Cl)C1CC1C. The summed E-state index contributed by atoms with van der Waals surface area (Å²) in [6, 6.07) is 5.49. The second-order valence-corrected chi connectivity index (χ2v) is 5.34. The van der Waals surface area contributed by atoms with Gasteiger partial charge in [-0.15, -0.1) is 0 Å². The number of benzene rings is 1. The van der Waals surface area contributed by atoms with Crippen molar-refractivity contribution >= 4 is 11.6 Å². The van der Waals surface area contributed by atoms with Gasteiger partial charge in [0.05, 0.1) is 5.02 Å². The summed E-state index contributed by atoms with van der Waals surface area (Å²) < 4.78 is 13.4. The topological polar surface area (TPSA) is 12.0 Å². The van der Waals surface area contributed by atoms with Gasteiger partial charge in [-0.05, 0) is 42.9 Å². The lowest BCUT2D eigenvalue weighted by atomic mass is 10.0. The van der Waals surface area contributed by atoms with Crippen LogP contribution in [-0.4, -0.2) is 12.6 Å². The standard InChI is InChI=1S/C14H19ClFN/c1-3-17-13(11-7-9(11)2)8-10-5-4-6-12(16)14(10)15/h4-6,9,11,13,17H,3,7-8H2,1-2H3. The molecule has 0 aromatic heterocycles. The first-order valence-electron chi connectivity index (χ1n) is 6.29. The maximum absolute atomic E-state index is 13.4. The molecule has 1 saturated carbocycles. The van der Waals surface area contributed by atoms with Crippen LogP contribution in [0.2, 0.25) is 5.02 Å². The molecule has 3 heteroatoms. The minimum atomic E-state index is -0.316. The third-order valence-corrected chi connectivity index (χ3v) is 4.05. The summed E-state index contributed by atoms with van der Waals surface area (Å²) in [5.74, 6) is 1.18. The largest absolute Gasteiger partial charge is 0.314 e. The van der Waals surface area contributed by atoms with Crippen LogP contribution in [-0.2, 0) is 6.42 Å². The van der Waals surface area contributed by atoms with Gasteiger partial charge in [-0.25, -0.2) is 4.39 Å². The van der Waals surface area contributed by atoms with Crippen LogP contribution < -0.4 is 5.32 Å². The van der Waals surface area contributed by atoms with E-state index in [1.54, 1.807) is 6.07 Å². The molecule has 1 aliphatic rings. The third kappa shape index (κ3) is 2.99. The van der Waals surface area contributed by atoms with Crippen LogP contribution in [0.15, 0.2) is 18.2 Å². The van der Waals surface area contributed by atoms with E-state index in [0.29, 0.717) is 12.0 Å². The van der Waals surface area contributed by atoms with Gasteiger partial charge in [0.15, 0.2) is 0 Å². The lowest BCUT2D eigenvalue weighted by Crippen LogP contribution is -2.33. The van der Waals surface area contributed by atoms with Crippen LogP contribution in [0.5, 0.6) is 0 Å². The van der Waals surface area contributed by atoms with Crippen molar-refractivity contribution in [2.24, 2.45) is 11.8 Å². The van der Waals surface area contributed by atoms with Gasteiger partial charge >= 0.3 is 0 Å². The minimum absolute atomic E-state index is 0.281. The number of hydrogen-bond acceptors (Lipinski definition) is 1. The van der Waals surface area contributed by atoms with E-state index < -0.39 is 0 Å². The average Bonchev–Trinajstić information content (AvgIpc) is 3.01. The van der Waals surface area contributed by atoms with E-state index in [0.717, 1.165) is 24.4 Å². The Bertz CT molecular complexity index is 394. The summed E-state index contributed by atoms with van der Waals surface area (Å²) >= 11 is 6.00. The van der Waals surface area contributed by atoms with Crippen LogP contribution >= 0.6 is 11.6 Å². The maximum Gasteiger partial charge on any atom is 0.142 e. The van der Waals surface area contributed by atoms with Gasteiger partial charge in [-0.3, -0.25) is 0 Å². The first-order chi connectivity index (χ1) is 8.13. The van der Waals surface area contributed by atoms with Gasteiger partial charge in [-0.2, -0.15) is 0 Å². The van der Waals surface area contributed by atoms with E-state index in [-0.39, 0.29) is 10.8 Å². The molecule has 94 valence electrons. The molecule has 1 nitrogen and oxygen atoms in total. The first kappa shape index (κ1) is 12.8. The Morgan fingerprint density at radius 1 is 1.53 bits per heavy atom. The van der Waals surface area contributed by atoms with E-state index in [1.807, 2.05) is 6.07 Å². The molecule has 0 spiro atoms. The van der Waals surface area contributed by atoms with Crippen molar-refractivity contribution < 1.29 is 4.39 Å². The van der Waals surface area contributed by atoms with Gasteiger partial charge in [0.2, 0.25) is 0 Å². The lowest BCUT2D eigenvalue weighted by Gasteiger charge is -2.18. The molecule has 0 radical (unpaired) electrons. The Morgan fingerprint density at radius 3 is 2.82 bits per heavy atom. The molecule has 0 amide bonds. The molecule has 1 N–H and O–H groups in total. The second-order valence-electron chi connectivity index (χ2n) is 4.96. The van der Waals surface area contributed by atoms with Crippen molar-refractivity contribution in [1.82, 2.24) is 5.32 Å². The molecule has 1 aliphatic carbocycles. The highest BCUT2D eigenvalue weighted by Gasteiger charge is 2.39. The van der Waals surface area contributed by atoms with E-state index in [1.165, 1.54) is 12.5 Å². The van der Waals surface area contributed by atoms with Gasteiger partial charge in [0.25, 0.3) is 0 Å². The van der Waals surface area contributed by atoms with E-state index >= 15 is 0 Å². The molecule has 2 rings (SSSR count). The van der Waals surface area contributed by atoms with Crippen molar-refractivity contribution in [3.63, 3.8) is 0 Å². The zero-order valence-corrected chi connectivity index (χ0v) is 11.1. The van der Waals surface area contributed by atoms with Crippen LogP contribution in [0.25, 0.3) is 0 Å². The Kier molecular flexibility index (Phi) is 4.05. The van der Waals surface area contributed by atoms with Crippen LogP contribution in [0.4, 0.5) is 4.39 Å². The number of nitrogens with one attached hydrogen (secondary N) is 1. The number of likely N-dealkylation sites (N-methyl/N-ethyl adjacent to an activating group) is 1. The molecule has 0 heterocycles. The smallest absolute Gasteiger partial charge is 0.142 e. The van der Waals surface area contributed by atoms with Gasteiger partial charge in [0.1, 0.15) is 5.82 Å². The molecule has 0 bridgehead atoms. The molecule has 1 aromatic carbocycles. The van der Waals surface area contributed by atoms with Gasteiger partial charge in [-0.1, -0.05) is 37.6 Å². The molecule has 1 fully saturated rings. The van der Waals surface area contributed by atoms with Gasteiger partial charge in [0, 0.05) is 6.04 Å². The van der Waals surface area contributed by atoms with Crippen molar-refractivity contribution in [3.05, 3.63) is 34.6 Å². The van der Waals surface area contributed by atoms with Crippen molar-refractivity contribution in [3.8, 4) is 0 Å². The van der Waals surface area contributed by atoms with Crippen molar-refractivity contribution in [2.75, 3.05) is 6.54 Å². The normalized spacial score (nSPS) is 24.7. The number of hydrogen-bond donors (Lipinski definition) is 1. The summed E-state index contributed by atoms with van der Waals surface area (Å²) in [6.45, 7) is 5.32. The highest BCUT2D eigenvalue weighted by Crippen LogP contribution is 2.41. The van der Waals surface area contributed by atoms with Crippen LogP contribution in [0, 0.1) is 17.7 Å². The molecule has 0 saturated heterocycles.